The van der Waals surface area contributed by atoms with Crippen LogP contribution < -0.4 is 16.8 Å². The molecule has 1 aromatic rings. The van der Waals surface area contributed by atoms with E-state index in [1.807, 2.05) is 0 Å². The summed E-state index contributed by atoms with van der Waals surface area (Å²) in [4.78, 5) is 23.0. The van der Waals surface area contributed by atoms with Gasteiger partial charge in [0.1, 0.15) is 0 Å². The number of amides is 2. The monoisotopic (exact) mass is 292 g/mol. The fourth-order valence-electron chi connectivity index (χ4n) is 1.51. The normalized spacial score (nSPS) is 12.0. The van der Waals surface area contributed by atoms with Gasteiger partial charge in [-0.1, -0.05) is 29.4 Å². The molecule has 1 aromatic carbocycles. The van der Waals surface area contributed by atoms with E-state index in [1.54, 1.807) is 38.1 Å². The minimum Gasteiger partial charge on any atom is -0.409 e. The molecule has 2 amide bonds. The molecule has 114 valence electrons. The Morgan fingerprint density at radius 2 is 1.81 bits per heavy atom. The molecule has 6 N–H and O–H groups in total. The number of hydrogen-bond donors (Lipinski definition) is 4. The Morgan fingerprint density at radius 1 is 1.24 bits per heavy atom. The van der Waals surface area contributed by atoms with Crippen molar-refractivity contribution in [2.24, 2.45) is 22.0 Å². The number of amidine groups is 1. The van der Waals surface area contributed by atoms with Crippen molar-refractivity contribution in [3.05, 3.63) is 35.4 Å². The van der Waals surface area contributed by atoms with E-state index in [2.05, 4.69) is 10.5 Å². The first-order valence-electron chi connectivity index (χ1n) is 6.39. The van der Waals surface area contributed by atoms with E-state index in [9.17, 15) is 9.59 Å². The third-order valence-corrected chi connectivity index (χ3v) is 3.12. The lowest BCUT2D eigenvalue weighted by Gasteiger charge is -2.20. The Bertz CT molecular complexity index is 550. The molecule has 0 radical (unpaired) electrons. The van der Waals surface area contributed by atoms with Crippen LogP contribution in [0.5, 0.6) is 0 Å². The molecule has 0 saturated carbocycles. The number of oxime groups is 1. The number of carbonyl (C=O) groups excluding carboxylic acids is 2. The van der Waals surface area contributed by atoms with Crippen LogP contribution >= 0.6 is 0 Å². The van der Waals surface area contributed by atoms with E-state index in [4.69, 9.17) is 16.7 Å². The molecule has 0 spiro atoms. The molecular weight excluding hydrogens is 272 g/mol. The van der Waals surface area contributed by atoms with Gasteiger partial charge in [0.05, 0.1) is 11.8 Å². The second kappa shape index (κ2) is 6.74. The number of carbonyl (C=O) groups is 2. The Labute approximate surface area is 123 Å². The maximum Gasteiger partial charge on any atom is 0.224 e. The average molecular weight is 292 g/mol. The number of nitrogens with two attached hydrogens (primary N) is 2. The molecule has 0 fully saturated rings. The zero-order valence-corrected chi connectivity index (χ0v) is 12.1. The summed E-state index contributed by atoms with van der Waals surface area (Å²) in [5, 5.41) is 14.1. The van der Waals surface area contributed by atoms with Gasteiger partial charge < -0.3 is 22.0 Å². The quantitative estimate of drug-likeness (QED) is 0.253. The minimum absolute atomic E-state index is 0.00853. The maximum absolute atomic E-state index is 11.8. The maximum atomic E-state index is 11.8. The van der Waals surface area contributed by atoms with Gasteiger partial charge in [0.25, 0.3) is 0 Å². The standard InChI is InChI=1S/C14H20N4O3/c1-14(2,13(16)20)8-17-11(19)7-9-3-5-10(6-4-9)12(15)18-21/h3-6,21H,7-8H2,1-2H3,(H2,15,18)(H2,16,20)(H,17,19). The second-order valence-corrected chi connectivity index (χ2v) is 5.38. The van der Waals surface area contributed by atoms with Crippen molar-refractivity contribution >= 4 is 17.6 Å². The van der Waals surface area contributed by atoms with Gasteiger partial charge in [-0.15, -0.1) is 0 Å². The number of nitrogens with zero attached hydrogens (tertiary/aromatic N) is 1. The van der Waals surface area contributed by atoms with Crippen LogP contribution in [-0.4, -0.2) is 29.4 Å². The molecule has 0 aliphatic carbocycles. The van der Waals surface area contributed by atoms with Crippen LogP contribution in [0.1, 0.15) is 25.0 Å². The summed E-state index contributed by atoms with van der Waals surface area (Å²) < 4.78 is 0. The predicted molar refractivity (Wildman–Crippen MR) is 78.6 cm³/mol. The van der Waals surface area contributed by atoms with Gasteiger partial charge in [0.2, 0.25) is 11.8 Å². The van der Waals surface area contributed by atoms with Crippen molar-refractivity contribution in [3.8, 4) is 0 Å². The van der Waals surface area contributed by atoms with Crippen molar-refractivity contribution < 1.29 is 14.8 Å². The van der Waals surface area contributed by atoms with Crippen LogP contribution in [0, 0.1) is 5.41 Å². The van der Waals surface area contributed by atoms with E-state index in [0.717, 1.165) is 5.56 Å². The van der Waals surface area contributed by atoms with Crippen molar-refractivity contribution in [2.75, 3.05) is 6.54 Å². The first-order valence-corrected chi connectivity index (χ1v) is 6.39. The number of nitrogens with one attached hydrogen (secondary N) is 1. The van der Waals surface area contributed by atoms with Crippen molar-refractivity contribution in [1.82, 2.24) is 5.32 Å². The Hall–Kier alpha value is -2.57. The third-order valence-electron chi connectivity index (χ3n) is 3.12. The minimum atomic E-state index is -0.786. The fourth-order valence-corrected chi connectivity index (χ4v) is 1.51. The number of rotatable bonds is 6. The average Bonchev–Trinajstić information content (AvgIpc) is 2.45. The van der Waals surface area contributed by atoms with Crippen LogP contribution in [0.3, 0.4) is 0 Å². The first-order chi connectivity index (χ1) is 9.76. The van der Waals surface area contributed by atoms with Crippen LogP contribution in [0.15, 0.2) is 29.4 Å². The van der Waals surface area contributed by atoms with Gasteiger partial charge in [0.15, 0.2) is 5.84 Å². The van der Waals surface area contributed by atoms with Gasteiger partial charge in [-0.3, -0.25) is 9.59 Å². The topological polar surface area (TPSA) is 131 Å². The van der Waals surface area contributed by atoms with Crippen LogP contribution in [0.25, 0.3) is 0 Å². The third kappa shape index (κ3) is 4.79. The predicted octanol–water partition coefficient (Wildman–Crippen LogP) is -0.0487. The molecule has 7 nitrogen and oxygen atoms in total. The highest BCUT2D eigenvalue weighted by Gasteiger charge is 2.25. The van der Waals surface area contributed by atoms with Gasteiger partial charge in [0, 0.05) is 12.1 Å². The van der Waals surface area contributed by atoms with E-state index >= 15 is 0 Å². The lowest BCUT2D eigenvalue weighted by molar-refractivity contribution is -0.126. The van der Waals surface area contributed by atoms with E-state index < -0.39 is 11.3 Å². The zero-order valence-electron chi connectivity index (χ0n) is 12.1. The Balaban J connectivity index is 2.58. The molecule has 0 atom stereocenters. The highest BCUT2D eigenvalue weighted by molar-refractivity contribution is 5.97. The van der Waals surface area contributed by atoms with E-state index in [-0.39, 0.29) is 24.7 Å². The molecule has 0 heterocycles. The molecule has 0 aliphatic rings. The largest absolute Gasteiger partial charge is 0.409 e. The van der Waals surface area contributed by atoms with Gasteiger partial charge >= 0.3 is 0 Å². The smallest absolute Gasteiger partial charge is 0.224 e. The summed E-state index contributed by atoms with van der Waals surface area (Å²) in [6, 6.07) is 6.74. The lowest BCUT2D eigenvalue weighted by Crippen LogP contribution is -2.42. The molecule has 0 bridgehead atoms. The Kier molecular flexibility index (Phi) is 5.29. The summed E-state index contributed by atoms with van der Waals surface area (Å²) in [6.07, 6.45) is 0.172. The zero-order chi connectivity index (χ0) is 16.0. The summed E-state index contributed by atoms with van der Waals surface area (Å²) in [5.74, 6) is -0.666. The van der Waals surface area contributed by atoms with Crippen LogP contribution in [0.4, 0.5) is 0 Å². The molecular formula is C14H20N4O3. The molecule has 0 aliphatic heterocycles. The number of hydrogen-bond acceptors (Lipinski definition) is 4. The SMILES string of the molecule is CC(C)(CNC(=O)Cc1ccc(/C(N)=N/O)cc1)C(N)=O. The van der Waals surface area contributed by atoms with Crippen molar-refractivity contribution in [3.63, 3.8) is 0 Å². The summed E-state index contributed by atoms with van der Waals surface area (Å²) in [7, 11) is 0. The molecule has 0 unspecified atom stereocenters. The first kappa shape index (κ1) is 16.5. The highest BCUT2D eigenvalue weighted by atomic mass is 16.4. The van der Waals surface area contributed by atoms with E-state index in [1.165, 1.54) is 0 Å². The van der Waals surface area contributed by atoms with Gasteiger partial charge in [-0.2, -0.15) is 0 Å². The molecule has 21 heavy (non-hydrogen) atoms. The molecule has 0 saturated heterocycles. The van der Waals surface area contributed by atoms with Crippen LogP contribution in [0.2, 0.25) is 0 Å². The van der Waals surface area contributed by atoms with E-state index in [0.29, 0.717) is 5.56 Å². The lowest BCUT2D eigenvalue weighted by atomic mass is 9.92. The fraction of sp³-hybridized carbons (Fsp3) is 0.357. The van der Waals surface area contributed by atoms with Crippen molar-refractivity contribution in [2.45, 2.75) is 20.3 Å². The van der Waals surface area contributed by atoms with Gasteiger partial charge in [-0.25, -0.2) is 0 Å². The number of benzene rings is 1. The summed E-state index contributed by atoms with van der Waals surface area (Å²) in [6.45, 7) is 3.52. The molecule has 1 rings (SSSR count). The van der Waals surface area contributed by atoms with Gasteiger partial charge in [-0.05, 0) is 19.4 Å². The second-order valence-electron chi connectivity index (χ2n) is 5.38. The Morgan fingerprint density at radius 3 is 2.29 bits per heavy atom. The summed E-state index contributed by atoms with van der Waals surface area (Å²) >= 11 is 0. The number of primary amides is 1. The molecule has 7 heteroatoms. The van der Waals surface area contributed by atoms with Crippen LogP contribution in [-0.2, 0) is 16.0 Å². The molecule has 0 aromatic heterocycles. The summed E-state index contributed by atoms with van der Waals surface area (Å²) in [5.41, 5.74) is 11.2. The van der Waals surface area contributed by atoms with Crippen molar-refractivity contribution in [1.29, 1.82) is 0 Å². The highest BCUT2D eigenvalue weighted by Crippen LogP contribution is 2.12.